The molecule has 7 nitrogen and oxygen atoms in total. The molecular formula is C17H35IN4O3S. The van der Waals surface area contributed by atoms with E-state index in [4.69, 9.17) is 4.74 Å². The van der Waals surface area contributed by atoms with Gasteiger partial charge in [0.1, 0.15) is 0 Å². The van der Waals surface area contributed by atoms with E-state index in [9.17, 15) is 8.42 Å². The van der Waals surface area contributed by atoms with Crippen LogP contribution >= 0.6 is 24.0 Å². The lowest BCUT2D eigenvalue weighted by atomic mass is 9.80. The zero-order valence-corrected chi connectivity index (χ0v) is 19.3. The van der Waals surface area contributed by atoms with Crippen molar-refractivity contribution in [3.8, 4) is 0 Å². The Morgan fingerprint density at radius 3 is 2.38 bits per heavy atom. The molecule has 2 aliphatic rings. The first-order valence-electron chi connectivity index (χ1n) is 9.49. The first-order valence-corrected chi connectivity index (χ1v) is 11.3. The smallest absolute Gasteiger partial charge is 0.191 e. The SMILES string of the molecule is CCS(=O)(=O)CCNC(=NC)NCC1(N2CCOCC2)CCCCC1.I. The Kier molecular flexibility index (Phi) is 10.7. The second-order valence-electron chi connectivity index (χ2n) is 6.97. The lowest BCUT2D eigenvalue weighted by Crippen LogP contribution is -2.60. The molecule has 0 unspecified atom stereocenters. The number of nitrogens with one attached hydrogen (secondary N) is 2. The summed E-state index contributed by atoms with van der Waals surface area (Å²) in [6.07, 6.45) is 6.23. The fourth-order valence-electron chi connectivity index (χ4n) is 3.79. The van der Waals surface area contributed by atoms with Crippen LogP contribution in [-0.2, 0) is 14.6 Å². The highest BCUT2D eigenvalue weighted by Crippen LogP contribution is 2.33. The van der Waals surface area contributed by atoms with Gasteiger partial charge in [0.25, 0.3) is 0 Å². The van der Waals surface area contributed by atoms with E-state index < -0.39 is 9.84 Å². The zero-order valence-electron chi connectivity index (χ0n) is 16.1. The number of halogens is 1. The van der Waals surface area contributed by atoms with Gasteiger partial charge in [-0.15, -0.1) is 24.0 Å². The molecule has 2 fully saturated rings. The normalized spacial score (nSPS) is 21.7. The average Bonchev–Trinajstić information content (AvgIpc) is 2.66. The summed E-state index contributed by atoms with van der Waals surface area (Å²) < 4.78 is 28.7. The van der Waals surface area contributed by atoms with Gasteiger partial charge in [-0.3, -0.25) is 9.89 Å². The molecule has 0 amide bonds. The van der Waals surface area contributed by atoms with Crippen molar-refractivity contribution in [3.63, 3.8) is 0 Å². The second kappa shape index (κ2) is 11.7. The average molecular weight is 502 g/mol. The quantitative estimate of drug-likeness (QED) is 0.310. The number of hydrogen-bond acceptors (Lipinski definition) is 5. The van der Waals surface area contributed by atoms with Crippen LogP contribution in [0.1, 0.15) is 39.0 Å². The van der Waals surface area contributed by atoms with Gasteiger partial charge < -0.3 is 15.4 Å². The summed E-state index contributed by atoms with van der Waals surface area (Å²) in [4.78, 5) is 6.83. The molecule has 1 saturated heterocycles. The largest absolute Gasteiger partial charge is 0.379 e. The van der Waals surface area contributed by atoms with Gasteiger partial charge in [-0.05, 0) is 12.8 Å². The van der Waals surface area contributed by atoms with E-state index in [1.54, 1.807) is 14.0 Å². The standard InChI is InChI=1S/C17H34N4O3S.HI/c1-3-25(22,23)14-9-19-16(18-2)20-15-17(7-5-4-6-8-17)21-10-12-24-13-11-21;/h3-15H2,1-2H3,(H2,18,19,20);1H. The van der Waals surface area contributed by atoms with Gasteiger partial charge in [0, 0.05) is 44.5 Å². The van der Waals surface area contributed by atoms with Gasteiger partial charge in [-0.2, -0.15) is 0 Å². The molecule has 1 aliphatic heterocycles. The fraction of sp³-hybridized carbons (Fsp3) is 0.941. The number of sulfone groups is 1. The highest BCUT2D eigenvalue weighted by molar-refractivity contribution is 14.0. The third kappa shape index (κ3) is 7.12. The van der Waals surface area contributed by atoms with Crippen LogP contribution in [-0.4, -0.2) is 82.8 Å². The Bertz CT molecular complexity index is 530. The van der Waals surface area contributed by atoms with Gasteiger partial charge in [-0.25, -0.2) is 8.42 Å². The highest BCUT2D eigenvalue weighted by atomic mass is 127. The molecule has 1 heterocycles. The molecule has 26 heavy (non-hydrogen) atoms. The lowest BCUT2D eigenvalue weighted by Gasteiger charge is -2.48. The topological polar surface area (TPSA) is 83.0 Å². The third-order valence-corrected chi connectivity index (χ3v) is 7.13. The molecule has 0 aromatic heterocycles. The first-order chi connectivity index (χ1) is 12.0. The number of morpholine rings is 1. The Hall–Kier alpha value is -0.130. The second-order valence-corrected chi connectivity index (χ2v) is 9.45. The number of rotatable bonds is 7. The minimum absolute atomic E-state index is 0. The van der Waals surface area contributed by atoms with Crippen LogP contribution < -0.4 is 10.6 Å². The fourth-order valence-corrected chi connectivity index (χ4v) is 4.49. The molecule has 0 aromatic carbocycles. The zero-order chi connectivity index (χ0) is 18.2. The summed E-state index contributed by atoms with van der Waals surface area (Å²) in [7, 11) is -1.23. The van der Waals surface area contributed by atoms with Crippen molar-refractivity contribution in [2.24, 2.45) is 4.99 Å². The summed E-state index contributed by atoms with van der Waals surface area (Å²) in [6, 6.07) is 0. The Morgan fingerprint density at radius 2 is 1.81 bits per heavy atom. The van der Waals surface area contributed by atoms with Crippen LogP contribution in [0, 0.1) is 0 Å². The van der Waals surface area contributed by atoms with Crippen LogP contribution in [0.4, 0.5) is 0 Å². The van der Waals surface area contributed by atoms with E-state index in [-0.39, 0.29) is 41.0 Å². The lowest BCUT2D eigenvalue weighted by molar-refractivity contribution is -0.0352. The molecule has 0 aromatic rings. The van der Waals surface area contributed by atoms with Crippen LogP contribution in [0.5, 0.6) is 0 Å². The summed E-state index contributed by atoms with van der Waals surface area (Å²) in [5, 5.41) is 6.58. The minimum atomic E-state index is -2.96. The molecule has 0 radical (unpaired) electrons. The van der Waals surface area contributed by atoms with E-state index in [0.717, 1.165) is 32.8 Å². The Labute approximate surface area is 175 Å². The van der Waals surface area contributed by atoms with E-state index in [0.29, 0.717) is 12.5 Å². The molecule has 1 aliphatic carbocycles. The summed E-state index contributed by atoms with van der Waals surface area (Å²) in [5.41, 5.74) is 0.162. The molecule has 1 saturated carbocycles. The number of nitrogens with zero attached hydrogens (tertiary/aromatic N) is 2. The van der Waals surface area contributed by atoms with E-state index in [1.807, 2.05) is 0 Å². The van der Waals surface area contributed by atoms with Crippen molar-refractivity contribution >= 4 is 39.8 Å². The van der Waals surface area contributed by atoms with Crippen LogP contribution in [0.2, 0.25) is 0 Å². The summed E-state index contributed by atoms with van der Waals surface area (Å²) in [6.45, 7) is 6.50. The number of ether oxygens (including phenoxy) is 1. The monoisotopic (exact) mass is 502 g/mol. The van der Waals surface area contributed by atoms with E-state index in [1.165, 1.54) is 32.1 Å². The maximum Gasteiger partial charge on any atom is 0.191 e. The van der Waals surface area contributed by atoms with Crippen molar-refractivity contribution in [1.29, 1.82) is 0 Å². The van der Waals surface area contributed by atoms with Crippen molar-refractivity contribution in [1.82, 2.24) is 15.5 Å². The highest BCUT2D eigenvalue weighted by Gasteiger charge is 2.38. The van der Waals surface area contributed by atoms with Crippen molar-refractivity contribution < 1.29 is 13.2 Å². The molecule has 0 bridgehead atoms. The van der Waals surface area contributed by atoms with Gasteiger partial charge in [0.15, 0.2) is 15.8 Å². The number of guanidine groups is 1. The van der Waals surface area contributed by atoms with Crippen molar-refractivity contribution in [2.75, 3.05) is 57.9 Å². The van der Waals surface area contributed by atoms with E-state index >= 15 is 0 Å². The van der Waals surface area contributed by atoms with Crippen LogP contribution in [0.15, 0.2) is 4.99 Å². The van der Waals surface area contributed by atoms with Crippen LogP contribution in [0.25, 0.3) is 0 Å². The number of hydrogen-bond donors (Lipinski definition) is 2. The van der Waals surface area contributed by atoms with Gasteiger partial charge >= 0.3 is 0 Å². The Morgan fingerprint density at radius 1 is 1.15 bits per heavy atom. The van der Waals surface area contributed by atoms with Crippen molar-refractivity contribution in [2.45, 2.75) is 44.6 Å². The molecule has 2 N–H and O–H groups in total. The van der Waals surface area contributed by atoms with Gasteiger partial charge in [0.2, 0.25) is 0 Å². The molecule has 9 heteroatoms. The molecule has 2 rings (SSSR count). The molecule has 154 valence electrons. The molecule has 0 atom stereocenters. The summed E-state index contributed by atoms with van der Waals surface area (Å²) in [5.74, 6) is 1.00. The summed E-state index contributed by atoms with van der Waals surface area (Å²) >= 11 is 0. The maximum atomic E-state index is 11.6. The van der Waals surface area contributed by atoms with Crippen molar-refractivity contribution in [3.05, 3.63) is 0 Å². The van der Waals surface area contributed by atoms with Gasteiger partial charge in [-0.1, -0.05) is 26.2 Å². The molecular weight excluding hydrogens is 467 g/mol. The van der Waals surface area contributed by atoms with E-state index in [2.05, 4.69) is 20.5 Å². The maximum absolute atomic E-state index is 11.6. The van der Waals surface area contributed by atoms with Crippen LogP contribution in [0.3, 0.4) is 0 Å². The Balaban J connectivity index is 0.00000338. The minimum Gasteiger partial charge on any atom is -0.379 e. The molecule has 0 spiro atoms. The predicted molar refractivity (Wildman–Crippen MR) is 117 cm³/mol. The first kappa shape index (κ1) is 23.9. The van der Waals surface area contributed by atoms with Gasteiger partial charge in [0.05, 0.1) is 19.0 Å². The third-order valence-electron chi connectivity index (χ3n) is 5.42. The predicted octanol–water partition coefficient (Wildman–Crippen LogP) is 1.24. The number of aliphatic imine (C=N–C) groups is 1.